The van der Waals surface area contributed by atoms with Crippen molar-refractivity contribution in [3.63, 3.8) is 0 Å². The van der Waals surface area contributed by atoms with E-state index in [0.717, 1.165) is 17.2 Å². The molecule has 1 aliphatic rings. The Hall–Kier alpha value is -3.61. The van der Waals surface area contributed by atoms with Crippen LogP contribution in [-0.4, -0.2) is 77.7 Å². The number of halogens is 3. The van der Waals surface area contributed by atoms with Crippen molar-refractivity contribution >= 4 is 17.8 Å². The van der Waals surface area contributed by atoms with Crippen LogP contribution in [0.15, 0.2) is 24.3 Å². The smallest absolute Gasteiger partial charge is 0.416 e. The number of anilines is 1. The Bertz CT molecular complexity index is 1200. The summed E-state index contributed by atoms with van der Waals surface area (Å²) in [5, 5.41) is 12.8. The number of aryl methyl sites for hydroxylation is 1. The number of nitrogens with zero attached hydrogens (tertiary/aromatic N) is 4. The highest BCUT2D eigenvalue weighted by atomic mass is 19.4. The van der Waals surface area contributed by atoms with Crippen LogP contribution in [0.5, 0.6) is 5.75 Å². The van der Waals surface area contributed by atoms with Crippen molar-refractivity contribution in [2.45, 2.75) is 64.4 Å². The molecule has 2 aromatic rings. The normalized spacial score (nSPS) is 17.9. The average Bonchev–Trinajstić information content (AvgIpc) is 2.86. The molecule has 0 spiro atoms. The van der Waals surface area contributed by atoms with E-state index in [1.165, 1.54) is 32.2 Å². The van der Waals surface area contributed by atoms with Gasteiger partial charge in [-0.1, -0.05) is 0 Å². The van der Waals surface area contributed by atoms with Crippen molar-refractivity contribution in [1.82, 2.24) is 20.2 Å². The third-order valence-corrected chi connectivity index (χ3v) is 6.20. The number of likely N-dealkylation sites (tertiary alicyclic amines) is 1. The zero-order valence-corrected chi connectivity index (χ0v) is 23.0. The summed E-state index contributed by atoms with van der Waals surface area (Å²) in [7, 11) is 4.14. The van der Waals surface area contributed by atoms with E-state index < -0.39 is 29.5 Å². The highest BCUT2D eigenvalue weighted by Crippen LogP contribution is 2.37. The lowest BCUT2D eigenvalue weighted by Gasteiger charge is -2.40. The first-order valence-electron chi connectivity index (χ1n) is 12.3. The molecular formula is C26H34F3N5O5. The second-order valence-electron chi connectivity index (χ2n) is 10.3. The quantitative estimate of drug-likeness (QED) is 0.514. The van der Waals surface area contributed by atoms with E-state index in [-0.39, 0.29) is 24.2 Å². The fourth-order valence-electron chi connectivity index (χ4n) is 4.26. The van der Waals surface area contributed by atoms with E-state index in [2.05, 4.69) is 15.5 Å². The molecule has 214 valence electrons. The number of aromatic nitrogens is 2. The fraction of sp³-hybridized carbons (Fsp3) is 0.538. The minimum atomic E-state index is -4.50. The lowest BCUT2D eigenvalue weighted by Crippen LogP contribution is -2.57. The molecule has 1 N–H and O–H groups in total. The van der Waals surface area contributed by atoms with Gasteiger partial charge >= 0.3 is 12.3 Å². The van der Waals surface area contributed by atoms with Gasteiger partial charge in [-0.3, -0.25) is 14.5 Å². The van der Waals surface area contributed by atoms with E-state index in [9.17, 15) is 22.8 Å². The average molecular weight is 554 g/mol. The van der Waals surface area contributed by atoms with Gasteiger partial charge in [-0.25, -0.2) is 9.86 Å². The third-order valence-electron chi connectivity index (χ3n) is 6.20. The lowest BCUT2D eigenvalue weighted by molar-refractivity contribution is -0.175. The fourth-order valence-corrected chi connectivity index (χ4v) is 4.26. The van der Waals surface area contributed by atoms with Crippen LogP contribution in [0.2, 0.25) is 0 Å². The van der Waals surface area contributed by atoms with E-state index in [1.807, 2.05) is 0 Å². The zero-order valence-electron chi connectivity index (χ0n) is 23.0. The van der Waals surface area contributed by atoms with E-state index in [1.54, 1.807) is 33.8 Å². The number of amides is 2. The summed E-state index contributed by atoms with van der Waals surface area (Å²) in [5.41, 5.74) is -0.180. The SMILES string of the molecule is COc1cc(C(F)(F)F)ccc1-c1nnc(N[C@@H]2CC[C@@H](C(=O)N(C)OC)N(C(=O)OC(C)(C)C)C2)cc1C. The number of likely N-dealkylation sites (N-methyl/N-ethyl adjacent to an activating group) is 1. The lowest BCUT2D eigenvalue weighted by atomic mass is 9.97. The van der Waals surface area contributed by atoms with Crippen molar-refractivity contribution < 1.29 is 37.1 Å². The number of alkyl halides is 3. The molecule has 13 heteroatoms. The Morgan fingerprint density at radius 2 is 1.79 bits per heavy atom. The van der Waals surface area contributed by atoms with Crippen LogP contribution >= 0.6 is 0 Å². The number of nitrogens with one attached hydrogen (secondary N) is 1. The first-order valence-corrected chi connectivity index (χ1v) is 12.3. The molecule has 0 unspecified atom stereocenters. The van der Waals surface area contributed by atoms with Gasteiger partial charge in [0.2, 0.25) is 0 Å². The summed E-state index contributed by atoms with van der Waals surface area (Å²) < 4.78 is 50.1. The minimum Gasteiger partial charge on any atom is -0.496 e. The largest absolute Gasteiger partial charge is 0.496 e. The Morgan fingerprint density at radius 3 is 2.36 bits per heavy atom. The molecule has 1 aromatic carbocycles. The van der Waals surface area contributed by atoms with Gasteiger partial charge in [0.1, 0.15) is 23.2 Å². The number of carbonyl (C=O) groups excluding carboxylic acids is 2. The first-order chi connectivity index (χ1) is 18.1. The number of rotatable bonds is 6. The molecule has 10 nitrogen and oxygen atoms in total. The molecular weight excluding hydrogens is 519 g/mol. The number of methoxy groups -OCH3 is 1. The van der Waals surface area contributed by atoms with Crippen LogP contribution in [0.1, 0.15) is 44.7 Å². The molecule has 1 saturated heterocycles. The summed E-state index contributed by atoms with van der Waals surface area (Å²) in [6.07, 6.45) is -4.22. The molecule has 3 rings (SSSR count). The van der Waals surface area contributed by atoms with Crippen LogP contribution in [-0.2, 0) is 20.5 Å². The number of piperidine rings is 1. The monoisotopic (exact) mass is 553 g/mol. The van der Waals surface area contributed by atoms with Gasteiger partial charge in [0.25, 0.3) is 5.91 Å². The maximum atomic E-state index is 13.1. The molecule has 1 fully saturated rings. The van der Waals surface area contributed by atoms with Gasteiger partial charge < -0.3 is 14.8 Å². The second kappa shape index (κ2) is 11.6. The summed E-state index contributed by atoms with van der Waals surface area (Å²) in [6, 6.07) is 3.89. The molecule has 0 radical (unpaired) electrons. The highest BCUT2D eigenvalue weighted by molar-refractivity contribution is 5.85. The predicted molar refractivity (Wildman–Crippen MR) is 137 cm³/mol. The number of benzene rings is 1. The Morgan fingerprint density at radius 1 is 1.10 bits per heavy atom. The second-order valence-corrected chi connectivity index (χ2v) is 10.3. The predicted octanol–water partition coefficient (Wildman–Crippen LogP) is 4.68. The maximum Gasteiger partial charge on any atom is 0.416 e. The van der Waals surface area contributed by atoms with Gasteiger partial charge in [0.05, 0.1) is 25.5 Å². The van der Waals surface area contributed by atoms with Crippen LogP contribution in [0.25, 0.3) is 11.3 Å². The Balaban J connectivity index is 1.81. The van der Waals surface area contributed by atoms with E-state index in [4.69, 9.17) is 14.3 Å². The zero-order chi connectivity index (χ0) is 29.1. The molecule has 0 saturated carbocycles. The molecule has 39 heavy (non-hydrogen) atoms. The topological polar surface area (TPSA) is 106 Å². The Kier molecular flexibility index (Phi) is 8.94. The molecule has 2 atom stereocenters. The number of hydrogen-bond acceptors (Lipinski definition) is 8. The summed E-state index contributed by atoms with van der Waals surface area (Å²) >= 11 is 0. The summed E-state index contributed by atoms with van der Waals surface area (Å²) in [6.45, 7) is 7.16. The number of ether oxygens (including phenoxy) is 2. The maximum absolute atomic E-state index is 13.1. The molecule has 2 heterocycles. The van der Waals surface area contributed by atoms with Gasteiger partial charge in [-0.2, -0.15) is 13.2 Å². The van der Waals surface area contributed by atoms with Crippen molar-refractivity contribution in [3.8, 4) is 17.0 Å². The van der Waals surface area contributed by atoms with Crippen molar-refractivity contribution in [2.75, 3.05) is 33.1 Å². The van der Waals surface area contributed by atoms with Crippen LogP contribution < -0.4 is 10.1 Å². The van der Waals surface area contributed by atoms with Crippen LogP contribution in [0.4, 0.5) is 23.8 Å². The molecule has 1 aromatic heterocycles. The van der Waals surface area contributed by atoms with E-state index in [0.29, 0.717) is 35.5 Å². The minimum absolute atomic E-state index is 0.0277. The van der Waals surface area contributed by atoms with Crippen molar-refractivity contribution in [2.24, 2.45) is 0 Å². The molecule has 0 aliphatic carbocycles. The first kappa shape index (κ1) is 29.9. The van der Waals surface area contributed by atoms with Crippen molar-refractivity contribution in [3.05, 3.63) is 35.4 Å². The molecule has 1 aliphatic heterocycles. The summed E-state index contributed by atoms with van der Waals surface area (Å²) in [5.74, 6) is 0.0716. The number of carbonyl (C=O) groups is 2. The van der Waals surface area contributed by atoms with Crippen molar-refractivity contribution in [1.29, 1.82) is 0 Å². The van der Waals surface area contributed by atoms with Crippen LogP contribution in [0, 0.1) is 6.92 Å². The molecule has 2 amide bonds. The number of hydroxylamine groups is 2. The van der Waals surface area contributed by atoms with Gasteiger partial charge in [0.15, 0.2) is 0 Å². The van der Waals surface area contributed by atoms with Gasteiger partial charge in [-0.05, 0) is 70.4 Å². The molecule has 0 bridgehead atoms. The van der Waals surface area contributed by atoms with Crippen LogP contribution in [0.3, 0.4) is 0 Å². The number of hydrogen-bond donors (Lipinski definition) is 1. The van der Waals surface area contributed by atoms with Gasteiger partial charge in [0, 0.05) is 25.2 Å². The Labute approximate surface area is 225 Å². The summed E-state index contributed by atoms with van der Waals surface area (Å²) in [4.78, 5) is 32.3. The highest BCUT2D eigenvalue weighted by Gasteiger charge is 2.40. The van der Waals surface area contributed by atoms with E-state index >= 15 is 0 Å². The third kappa shape index (κ3) is 7.28. The standard InChI is InChI=1S/C26H34F3N5O5/c1-15-12-21(31-32-22(15)18-10-8-16(26(27,28)29)13-20(18)37-6)30-17-9-11-19(23(35)33(5)38-7)34(14-17)24(36)39-25(2,3)4/h8,10,12-13,17,19H,9,11,14H2,1-7H3,(H,30,31)/t17-,19+/m1/s1. The van der Waals surface area contributed by atoms with Gasteiger partial charge in [-0.15, -0.1) is 10.2 Å².